The molecule has 3 aliphatic carbocycles. The molecule has 5 nitrogen and oxygen atoms in total. The number of carbonyl (C=O) groups is 1. The molecule has 0 aromatic carbocycles. The van der Waals surface area contributed by atoms with Crippen molar-refractivity contribution in [3.8, 4) is 0 Å². The van der Waals surface area contributed by atoms with Gasteiger partial charge in [0, 0.05) is 17.7 Å². The smallest absolute Gasteiger partial charge is 0.232 e. The minimum absolute atomic E-state index is 0.0194. The molecule has 0 unspecified atom stereocenters. The van der Waals surface area contributed by atoms with Gasteiger partial charge in [0.2, 0.25) is 5.91 Å². The molecule has 26 heavy (non-hydrogen) atoms. The summed E-state index contributed by atoms with van der Waals surface area (Å²) in [7, 11) is 0. The topological polar surface area (TPSA) is 67.8 Å². The van der Waals surface area contributed by atoms with Gasteiger partial charge < -0.3 is 19.9 Å². The summed E-state index contributed by atoms with van der Waals surface area (Å²) in [6, 6.07) is 4.18. The van der Waals surface area contributed by atoms with Gasteiger partial charge in [0.1, 0.15) is 5.60 Å². The van der Waals surface area contributed by atoms with Crippen molar-refractivity contribution in [2.45, 2.75) is 67.1 Å². The molecule has 4 heterocycles. The maximum Gasteiger partial charge on any atom is 0.232 e. The standard InChI is InChI=1S/C20H25NO4S/c22-11-17-9-19(10-17,20(25-17)12-24-13-20)21-15(23)18(14-3-1-6-26-14)7-16(8-18)4-2-5-16/h1,3,6,22H,2,4-5,7-13H2,(H,21,23). The molecule has 6 aliphatic rings. The van der Waals surface area contributed by atoms with E-state index in [1.807, 2.05) is 0 Å². The van der Waals surface area contributed by atoms with Crippen LogP contribution in [0.3, 0.4) is 0 Å². The molecule has 3 aliphatic heterocycles. The van der Waals surface area contributed by atoms with E-state index in [4.69, 9.17) is 9.47 Å². The molecule has 6 heteroatoms. The molecule has 1 amide bonds. The number of amides is 1. The number of ether oxygens (including phenoxy) is 2. The predicted octanol–water partition coefficient (Wildman–Crippen LogP) is 2.13. The number of aliphatic hydroxyl groups is 1. The molecular formula is C20H25NO4S. The van der Waals surface area contributed by atoms with E-state index in [0.717, 1.165) is 12.8 Å². The van der Waals surface area contributed by atoms with E-state index in [1.165, 1.54) is 24.1 Å². The number of aliphatic hydroxyl groups excluding tert-OH is 1. The van der Waals surface area contributed by atoms with Crippen molar-refractivity contribution in [3.05, 3.63) is 22.4 Å². The lowest BCUT2D eigenvalue weighted by molar-refractivity contribution is -0.213. The fraction of sp³-hybridized carbons (Fsp3) is 0.750. The van der Waals surface area contributed by atoms with Gasteiger partial charge in [0.05, 0.1) is 36.4 Å². The van der Waals surface area contributed by atoms with E-state index < -0.39 is 11.2 Å². The highest BCUT2D eigenvalue weighted by Crippen LogP contribution is 2.67. The van der Waals surface area contributed by atoms with Gasteiger partial charge in [-0.1, -0.05) is 12.5 Å². The Kier molecular flexibility index (Phi) is 2.91. The molecule has 3 saturated carbocycles. The Balaban J connectivity index is 1.29. The highest BCUT2D eigenvalue weighted by Gasteiger charge is 2.78. The maximum atomic E-state index is 13.6. The molecule has 2 N–H and O–H groups in total. The molecule has 0 radical (unpaired) electrons. The van der Waals surface area contributed by atoms with Crippen LogP contribution in [-0.2, 0) is 19.7 Å². The summed E-state index contributed by atoms with van der Waals surface area (Å²) in [5.41, 5.74) is -1.22. The summed E-state index contributed by atoms with van der Waals surface area (Å²) >= 11 is 1.71. The van der Waals surface area contributed by atoms with Crippen molar-refractivity contribution in [3.63, 3.8) is 0 Å². The maximum absolute atomic E-state index is 13.6. The Morgan fingerprint density at radius 3 is 2.50 bits per heavy atom. The van der Waals surface area contributed by atoms with Crippen LogP contribution in [0.2, 0.25) is 0 Å². The van der Waals surface area contributed by atoms with Crippen LogP contribution in [0.25, 0.3) is 0 Å². The highest BCUT2D eigenvalue weighted by molar-refractivity contribution is 7.10. The van der Waals surface area contributed by atoms with Crippen LogP contribution in [0.5, 0.6) is 0 Å². The van der Waals surface area contributed by atoms with Crippen molar-refractivity contribution < 1.29 is 19.4 Å². The summed E-state index contributed by atoms with van der Waals surface area (Å²) < 4.78 is 11.7. The van der Waals surface area contributed by atoms with Gasteiger partial charge >= 0.3 is 0 Å². The van der Waals surface area contributed by atoms with E-state index in [2.05, 4.69) is 22.8 Å². The Morgan fingerprint density at radius 1 is 1.23 bits per heavy atom. The Morgan fingerprint density at radius 2 is 2.00 bits per heavy atom. The van der Waals surface area contributed by atoms with Crippen LogP contribution < -0.4 is 5.32 Å². The van der Waals surface area contributed by atoms with Crippen LogP contribution >= 0.6 is 11.3 Å². The fourth-order valence-corrected chi connectivity index (χ4v) is 7.44. The van der Waals surface area contributed by atoms with Crippen LogP contribution in [0.1, 0.15) is 49.8 Å². The van der Waals surface area contributed by atoms with Gasteiger partial charge in [0.15, 0.2) is 0 Å². The quantitative estimate of drug-likeness (QED) is 0.846. The third-order valence-corrected chi connectivity index (χ3v) is 9.11. The van der Waals surface area contributed by atoms with Crippen molar-refractivity contribution in [1.29, 1.82) is 0 Å². The number of carbonyl (C=O) groups excluding carboxylic acids is 1. The predicted molar refractivity (Wildman–Crippen MR) is 96.1 cm³/mol. The molecule has 7 rings (SSSR count). The zero-order valence-electron chi connectivity index (χ0n) is 14.9. The normalized spacial score (nSPS) is 43.3. The van der Waals surface area contributed by atoms with Gasteiger partial charge in [-0.25, -0.2) is 0 Å². The number of nitrogens with one attached hydrogen (secondary N) is 1. The molecule has 2 bridgehead atoms. The summed E-state index contributed by atoms with van der Waals surface area (Å²) in [5.74, 6) is 0.167. The Hall–Kier alpha value is -0.950. The van der Waals surface area contributed by atoms with Crippen LogP contribution in [-0.4, -0.2) is 47.6 Å². The van der Waals surface area contributed by atoms with Gasteiger partial charge in [-0.05, 0) is 42.5 Å². The van der Waals surface area contributed by atoms with Gasteiger partial charge in [-0.15, -0.1) is 11.3 Å². The van der Waals surface area contributed by atoms with Crippen molar-refractivity contribution in [1.82, 2.24) is 5.32 Å². The molecule has 1 aromatic rings. The average Bonchev–Trinajstić information content (AvgIpc) is 3.14. The van der Waals surface area contributed by atoms with Crippen molar-refractivity contribution in [2.24, 2.45) is 5.41 Å². The molecule has 6 fully saturated rings. The monoisotopic (exact) mass is 375 g/mol. The third-order valence-electron chi connectivity index (χ3n) is 8.04. The second-order valence-corrected chi connectivity index (χ2v) is 10.5. The first-order chi connectivity index (χ1) is 12.5. The summed E-state index contributed by atoms with van der Waals surface area (Å²) in [6.45, 7) is 1.06. The van der Waals surface area contributed by atoms with E-state index in [0.29, 0.717) is 31.5 Å². The third kappa shape index (κ3) is 1.71. The largest absolute Gasteiger partial charge is 0.393 e. The molecule has 3 saturated heterocycles. The molecule has 1 aromatic heterocycles. The van der Waals surface area contributed by atoms with E-state index >= 15 is 0 Å². The van der Waals surface area contributed by atoms with Gasteiger partial charge in [-0.3, -0.25) is 4.79 Å². The van der Waals surface area contributed by atoms with Crippen LogP contribution in [0.15, 0.2) is 17.5 Å². The highest BCUT2D eigenvalue weighted by atomic mass is 32.1. The van der Waals surface area contributed by atoms with E-state index in [9.17, 15) is 9.90 Å². The fourth-order valence-electron chi connectivity index (χ4n) is 6.52. The number of thiophene rings is 1. The Bertz CT molecular complexity index is 751. The van der Waals surface area contributed by atoms with E-state index in [1.54, 1.807) is 11.3 Å². The first kappa shape index (κ1) is 16.0. The first-order valence-electron chi connectivity index (χ1n) is 9.75. The molecule has 0 atom stereocenters. The second kappa shape index (κ2) is 4.72. The van der Waals surface area contributed by atoms with Gasteiger partial charge in [0.25, 0.3) is 0 Å². The average molecular weight is 375 g/mol. The lowest BCUT2D eigenvalue weighted by atomic mass is 9.44. The number of rotatable bonds is 4. The minimum Gasteiger partial charge on any atom is -0.393 e. The first-order valence-corrected chi connectivity index (χ1v) is 10.6. The van der Waals surface area contributed by atoms with Crippen LogP contribution in [0.4, 0.5) is 0 Å². The number of hydrogen-bond acceptors (Lipinski definition) is 5. The lowest BCUT2D eigenvalue weighted by Gasteiger charge is -2.61. The van der Waals surface area contributed by atoms with Crippen molar-refractivity contribution in [2.75, 3.05) is 19.8 Å². The SMILES string of the molecule is O=C(NC12CC(CO)(C1)OC21COC1)C1(c2cccs2)CC2(CCC2)C1. The van der Waals surface area contributed by atoms with Crippen LogP contribution in [0, 0.1) is 5.41 Å². The molecular weight excluding hydrogens is 350 g/mol. The summed E-state index contributed by atoms with van der Waals surface area (Å²) in [4.78, 5) is 14.8. The number of hydrogen-bond donors (Lipinski definition) is 2. The molecule has 2 spiro atoms. The summed E-state index contributed by atoms with van der Waals surface area (Å²) in [5, 5.41) is 15.3. The zero-order chi connectivity index (χ0) is 17.7. The lowest BCUT2D eigenvalue weighted by Crippen LogP contribution is -2.74. The second-order valence-electron chi connectivity index (χ2n) is 9.59. The van der Waals surface area contributed by atoms with E-state index in [-0.39, 0.29) is 23.5 Å². The Labute approximate surface area is 157 Å². The van der Waals surface area contributed by atoms with Gasteiger partial charge in [-0.2, -0.15) is 0 Å². The molecule has 140 valence electrons. The minimum atomic E-state index is -0.470. The van der Waals surface area contributed by atoms with Crippen molar-refractivity contribution >= 4 is 17.2 Å². The summed E-state index contributed by atoms with van der Waals surface area (Å²) in [6.07, 6.45) is 7.23. The zero-order valence-corrected chi connectivity index (χ0v) is 15.7.